The highest BCUT2D eigenvalue weighted by Crippen LogP contribution is 1.90. The molecule has 0 amide bonds. The lowest BCUT2D eigenvalue weighted by molar-refractivity contribution is 0.0677. The summed E-state index contributed by atoms with van der Waals surface area (Å²) in [6.45, 7) is 2.00. The maximum atomic E-state index is 11.1. The predicted octanol–water partition coefficient (Wildman–Crippen LogP) is -0.700. The van der Waals surface area contributed by atoms with Gasteiger partial charge in [0, 0.05) is 13.6 Å². The van der Waals surface area contributed by atoms with Crippen LogP contribution in [-0.4, -0.2) is 25.4 Å². The molecule has 1 N–H and O–H groups in total. The van der Waals surface area contributed by atoms with E-state index in [1.165, 1.54) is 7.05 Å². The average molecular weight is 171 g/mol. The summed E-state index contributed by atoms with van der Waals surface area (Å²) in [6.07, 6.45) is 0. The Morgan fingerprint density at radius 2 is 2.25 bits per heavy atom. The van der Waals surface area contributed by atoms with Crippen molar-refractivity contribution in [2.24, 2.45) is 7.05 Å². The standard InChI is InChI=1S/C6H9N3O3/c1-3-9-4(5(10)11)7-8(2)6(9)12/h3H2,1-2H3,(H,10,11). The first kappa shape index (κ1) is 8.51. The fourth-order valence-corrected chi connectivity index (χ4v) is 0.947. The Hall–Kier alpha value is -1.59. The summed E-state index contributed by atoms with van der Waals surface area (Å²) in [4.78, 5) is 21.6. The Labute approximate surface area is 68.0 Å². The van der Waals surface area contributed by atoms with E-state index < -0.39 is 11.7 Å². The van der Waals surface area contributed by atoms with E-state index in [2.05, 4.69) is 5.10 Å². The van der Waals surface area contributed by atoms with Crippen molar-refractivity contribution in [2.75, 3.05) is 0 Å². The number of aromatic carboxylic acids is 1. The Bertz CT molecular complexity index is 363. The van der Waals surface area contributed by atoms with Crippen LogP contribution in [0.25, 0.3) is 0 Å². The highest BCUT2D eigenvalue weighted by atomic mass is 16.4. The number of carboxylic acids is 1. The van der Waals surface area contributed by atoms with E-state index in [1.807, 2.05) is 0 Å². The second-order valence-corrected chi connectivity index (χ2v) is 2.28. The van der Waals surface area contributed by atoms with Crippen LogP contribution in [-0.2, 0) is 13.6 Å². The maximum absolute atomic E-state index is 11.1. The van der Waals surface area contributed by atoms with Crippen molar-refractivity contribution < 1.29 is 9.90 Å². The number of aromatic nitrogens is 3. The molecule has 0 unspecified atom stereocenters. The highest BCUT2D eigenvalue weighted by Gasteiger charge is 2.15. The van der Waals surface area contributed by atoms with Gasteiger partial charge in [0.1, 0.15) is 0 Å². The van der Waals surface area contributed by atoms with Crippen molar-refractivity contribution in [3.8, 4) is 0 Å². The van der Waals surface area contributed by atoms with Gasteiger partial charge in [-0.15, -0.1) is 5.10 Å². The number of nitrogens with zero attached hydrogens (tertiary/aromatic N) is 3. The van der Waals surface area contributed by atoms with Gasteiger partial charge in [0.15, 0.2) is 0 Å². The molecule has 0 spiro atoms. The molecule has 6 heteroatoms. The van der Waals surface area contributed by atoms with Gasteiger partial charge < -0.3 is 5.11 Å². The number of hydrogen-bond donors (Lipinski definition) is 1. The summed E-state index contributed by atoms with van der Waals surface area (Å²) in [5.74, 6) is -1.40. The summed E-state index contributed by atoms with van der Waals surface area (Å²) in [5.41, 5.74) is -0.408. The van der Waals surface area contributed by atoms with Gasteiger partial charge in [0.2, 0.25) is 5.82 Å². The van der Waals surface area contributed by atoms with E-state index in [-0.39, 0.29) is 5.82 Å². The summed E-state index contributed by atoms with van der Waals surface area (Å²) < 4.78 is 2.11. The van der Waals surface area contributed by atoms with Crippen LogP contribution >= 0.6 is 0 Å². The lowest BCUT2D eigenvalue weighted by atomic mass is 10.6. The molecule has 1 aromatic heterocycles. The number of carbonyl (C=O) groups is 1. The quantitative estimate of drug-likeness (QED) is 0.638. The molecule has 0 atom stereocenters. The topological polar surface area (TPSA) is 77.1 Å². The van der Waals surface area contributed by atoms with Crippen LogP contribution in [0.2, 0.25) is 0 Å². The Kier molecular flexibility index (Phi) is 1.99. The summed E-state index contributed by atoms with van der Waals surface area (Å²) in [6, 6.07) is 0. The Morgan fingerprint density at radius 1 is 1.67 bits per heavy atom. The lowest BCUT2D eigenvalue weighted by Gasteiger charge is -1.94. The molecule has 0 aliphatic heterocycles. The molecule has 12 heavy (non-hydrogen) atoms. The molecule has 0 aromatic carbocycles. The average Bonchev–Trinajstić information content (AvgIpc) is 2.29. The van der Waals surface area contributed by atoms with E-state index in [4.69, 9.17) is 5.11 Å². The molecular weight excluding hydrogens is 162 g/mol. The molecule has 0 bridgehead atoms. The molecule has 1 aromatic rings. The number of hydrogen-bond acceptors (Lipinski definition) is 3. The molecule has 66 valence electrons. The fraction of sp³-hybridized carbons (Fsp3) is 0.500. The zero-order chi connectivity index (χ0) is 9.30. The van der Waals surface area contributed by atoms with Gasteiger partial charge in [0.25, 0.3) is 0 Å². The van der Waals surface area contributed by atoms with E-state index in [9.17, 15) is 9.59 Å². The number of carboxylic acid groups (broad SMARTS) is 1. The molecule has 0 aliphatic carbocycles. The van der Waals surface area contributed by atoms with Crippen LogP contribution in [0.15, 0.2) is 4.79 Å². The van der Waals surface area contributed by atoms with Crippen LogP contribution in [0, 0.1) is 0 Å². The first-order chi connectivity index (χ1) is 5.57. The smallest absolute Gasteiger partial charge is 0.374 e. The monoisotopic (exact) mass is 171 g/mol. The second-order valence-electron chi connectivity index (χ2n) is 2.28. The molecule has 0 saturated carbocycles. The molecule has 0 aliphatic rings. The minimum absolute atomic E-state index is 0.218. The second kappa shape index (κ2) is 2.80. The van der Waals surface area contributed by atoms with Gasteiger partial charge in [0.05, 0.1) is 0 Å². The zero-order valence-electron chi connectivity index (χ0n) is 6.81. The van der Waals surface area contributed by atoms with Crippen molar-refractivity contribution in [3.05, 3.63) is 16.3 Å². The SMILES string of the molecule is CCn1c(C(=O)O)nn(C)c1=O. The van der Waals surface area contributed by atoms with Crippen LogP contribution in [0.3, 0.4) is 0 Å². The molecule has 0 saturated heterocycles. The summed E-state index contributed by atoms with van der Waals surface area (Å²) in [7, 11) is 1.42. The zero-order valence-corrected chi connectivity index (χ0v) is 6.81. The highest BCUT2D eigenvalue weighted by molar-refractivity contribution is 5.83. The molecule has 1 heterocycles. The Balaban J connectivity index is 3.39. The van der Waals surface area contributed by atoms with E-state index >= 15 is 0 Å². The normalized spacial score (nSPS) is 10.2. The van der Waals surface area contributed by atoms with E-state index in [0.29, 0.717) is 6.54 Å². The van der Waals surface area contributed by atoms with Crippen molar-refractivity contribution in [2.45, 2.75) is 13.5 Å². The third-order valence-corrected chi connectivity index (χ3v) is 1.52. The molecular formula is C6H9N3O3. The predicted molar refractivity (Wildman–Crippen MR) is 40.1 cm³/mol. The van der Waals surface area contributed by atoms with Crippen molar-refractivity contribution in [1.29, 1.82) is 0 Å². The van der Waals surface area contributed by atoms with E-state index in [1.54, 1.807) is 6.92 Å². The molecule has 0 fully saturated rings. The molecule has 1 rings (SSSR count). The first-order valence-electron chi connectivity index (χ1n) is 3.45. The third-order valence-electron chi connectivity index (χ3n) is 1.52. The van der Waals surface area contributed by atoms with Gasteiger partial charge in [-0.2, -0.15) is 0 Å². The first-order valence-corrected chi connectivity index (χ1v) is 3.45. The van der Waals surface area contributed by atoms with E-state index in [0.717, 1.165) is 9.25 Å². The number of aryl methyl sites for hydroxylation is 1. The van der Waals surface area contributed by atoms with Gasteiger partial charge in [-0.1, -0.05) is 0 Å². The van der Waals surface area contributed by atoms with Crippen molar-refractivity contribution in [3.63, 3.8) is 0 Å². The summed E-state index contributed by atoms with van der Waals surface area (Å²) >= 11 is 0. The van der Waals surface area contributed by atoms with Gasteiger partial charge in [-0.3, -0.25) is 4.57 Å². The van der Waals surface area contributed by atoms with Gasteiger partial charge in [-0.25, -0.2) is 14.3 Å². The number of rotatable bonds is 2. The van der Waals surface area contributed by atoms with Gasteiger partial charge in [-0.05, 0) is 6.92 Å². The minimum atomic E-state index is -1.19. The fourth-order valence-electron chi connectivity index (χ4n) is 0.947. The molecule has 6 nitrogen and oxygen atoms in total. The van der Waals surface area contributed by atoms with Crippen LogP contribution < -0.4 is 5.69 Å². The van der Waals surface area contributed by atoms with Crippen LogP contribution in [0.4, 0.5) is 0 Å². The van der Waals surface area contributed by atoms with Crippen LogP contribution in [0.1, 0.15) is 17.5 Å². The van der Waals surface area contributed by atoms with Crippen molar-refractivity contribution in [1.82, 2.24) is 14.3 Å². The van der Waals surface area contributed by atoms with Gasteiger partial charge >= 0.3 is 11.7 Å². The third kappa shape index (κ3) is 1.11. The summed E-state index contributed by atoms with van der Waals surface area (Å²) in [5, 5.41) is 12.1. The molecule has 0 radical (unpaired) electrons. The Morgan fingerprint density at radius 3 is 2.58 bits per heavy atom. The van der Waals surface area contributed by atoms with Crippen LogP contribution in [0.5, 0.6) is 0 Å². The minimum Gasteiger partial charge on any atom is -0.475 e. The lowest BCUT2D eigenvalue weighted by Crippen LogP contribution is -2.23. The largest absolute Gasteiger partial charge is 0.475 e. The van der Waals surface area contributed by atoms with Crippen molar-refractivity contribution >= 4 is 5.97 Å². The maximum Gasteiger partial charge on any atom is 0.374 e.